The standard InChI is InChI=1S/C13H12N4O3/c18-12(10-5-11(10)13(19)20)16-8-2-1-3-9(4-8)17-6-14-15-7-17/h1-4,6-7,10-11H,5H2,(H,16,18)(H,19,20). The van der Waals surface area contributed by atoms with Crippen LogP contribution in [0.1, 0.15) is 6.42 Å². The summed E-state index contributed by atoms with van der Waals surface area (Å²) in [5.74, 6) is -2.14. The summed E-state index contributed by atoms with van der Waals surface area (Å²) in [6, 6.07) is 7.19. The van der Waals surface area contributed by atoms with Gasteiger partial charge in [-0.25, -0.2) is 0 Å². The van der Waals surface area contributed by atoms with Crippen LogP contribution in [0.15, 0.2) is 36.9 Å². The molecule has 1 aliphatic rings. The van der Waals surface area contributed by atoms with Crippen LogP contribution in [0.3, 0.4) is 0 Å². The summed E-state index contributed by atoms with van der Waals surface area (Å²) in [7, 11) is 0. The van der Waals surface area contributed by atoms with E-state index in [2.05, 4.69) is 15.5 Å². The summed E-state index contributed by atoms with van der Waals surface area (Å²) >= 11 is 0. The van der Waals surface area contributed by atoms with Gasteiger partial charge in [0.1, 0.15) is 12.7 Å². The number of benzene rings is 1. The van der Waals surface area contributed by atoms with Gasteiger partial charge in [-0.2, -0.15) is 0 Å². The van der Waals surface area contributed by atoms with Crippen LogP contribution in [0, 0.1) is 11.8 Å². The molecule has 1 heterocycles. The fraction of sp³-hybridized carbons (Fsp3) is 0.231. The van der Waals surface area contributed by atoms with Crippen molar-refractivity contribution in [3.63, 3.8) is 0 Å². The topological polar surface area (TPSA) is 97.1 Å². The Morgan fingerprint density at radius 2 is 2.00 bits per heavy atom. The molecule has 20 heavy (non-hydrogen) atoms. The second kappa shape index (κ2) is 4.76. The number of aliphatic carboxylic acids is 1. The molecule has 3 rings (SSSR count). The molecule has 102 valence electrons. The summed E-state index contributed by atoms with van der Waals surface area (Å²) < 4.78 is 1.72. The number of amides is 1. The van der Waals surface area contributed by atoms with E-state index in [0.29, 0.717) is 12.1 Å². The van der Waals surface area contributed by atoms with Gasteiger partial charge in [-0.3, -0.25) is 14.2 Å². The van der Waals surface area contributed by atoms with Crippen molar-refractivity contribution in [1.82, 2.24) is 14.8 Å². The van der Waals surface area contributed by atoms with E-state index >= 15 is 0 Å². The normalized spacial score (nSPS) is 20.4. The highest BCUT2D eigenvalue weighted by atomic mass is 16.4. The minimum Gasteiger partial charge on any atom is -0.481 e. The minimum absolute atomic E-state index is 0.252. The van der Waals surface area contributed by atoms with Gasteiger partial charge in [-0.15, -0.1) is 10.2 Å². The molecule has 0 radical (unpaired) electrons. The van der Waals surface area contributed by atoms with Gasteiger partial charge in [0, 0.05) is 5.69 Å². The van der Waals surface area contributed by atoms with E-state index in [-0.39, 0.29) is 5.91 Å². The van der Waals surface area contributed by atoms with Crippen molar-refractivity contribution in [3.8, 4) is 5.69 Å². The summed E-state index contributed by atoms with van der Waals surface area (Å²) in [6.07, 6.45) is 3.52. The van der Waals surface area contributed by atoms with Crippen LogP contribution in [0.5, 0.6) is 0 Å². The maximum Gasteiger partial charge on any atom is 0.307 e. The lowest BCUT2D eigenvalue weighted by Gasteiger charge is -2.07. The zero-order chi connectivity index (χ0) is 14.1. The Morgan fingerprint density at radius 3 is 2.65 bits per heavy atom. The number of carboxylic acids is 1. The summed E-state index contributed by atoms with van der Waals surface area (Å²) in [5.41, 5.74) is 1.44. The lowest BCUT2D eigenvalue weighted by Crippen LogP contribution is -2.16. The van der Waals surface area contributed by atoms with Crippen molar-refractivity contribution in [1.29, 1.82) is 0 Å². The third-order valence-corrected chi connectivity index (χ3v) is 3.27. The van der Waals surface area contributed by atoms with E-state index in [0.717, 1.165) is 5.69 Å². The second-order valence-corrected chi connectivity index (χ2v) is 4.70. The van der Waals surface area contributed by atoms with Gasteiger partial charge >= 0.3 is 5.97 Å². The van der Waals surface area contributed by atoms with E-state index in [1.165, 1.54) is 0 Å². The molecule has 1 aromatic carbocycles. The molecule has 2 atom stereocenters. The first-order chi connectivity index (χ1) is 9.65. The van der Waals surface area contributed by atoms with Crippen LogP contribution in [-0.4, -0.2) is 31.7 Å². The minimum atomic E-state index is -0.914. The summed E-state index contributed by atoms with van der Waals surface area (Å²) in [4.78, 5) is 22.6. The first kappa shape index (κ1) is 12.3. The molecule has 0 saturated heterocycles. The quantitative estimate of drug-likeness (QED) is 0.862. The number of aromatic nitrogens is 3. The van der Waals surface area contributed by atoms with E-state index < -0.39 is 17.8 Å². The number of hydrogen-bond acceptors (Lipinski definition) is 4. The van der Waals surface area contributed by atoms with Crippen LogP contribution in [0.25, 0.3) is 5.69 Å². The molecule has 0 aliphatic heterocycles. The molecule has 7 nitrogen and oxygen atoms in total. The molecule has 2 N–H and O–H groups in total. The second-order valence-electron chi connectivity index (χ2n) is 4.70. The molecule has 1 aliphatic carbocycles. The molecule has 0 spiro atoms. The SMILES string of the molecule is O=C(O)C1CC1C(=O)Nc1cccc(-n2cnnc2)c1. The number of nitrogens with one attached hydrogen (secondary N) is 1. The predicted molar refractivity (Wildman–Crippen MR) is 69.2 cm³/mol. The van der Waals surface area contributed by atoms with Crippen LogP contribution < -0.4 is 5.32 Å². The Kier molecular flexibility index (Phi) is 2.94. The van der Waals surface area contributed by atoms with Gasteiger partial charge in [0.15, 0.2) is 0 Å². The summed E-state index contributed by atoms with van der Waals surface area (Å²) in [6.45, 7) is 0. The highest BCUT2D eigenvalue weighted by Gasteiger charge is 2.48. The molecule has 0 bridgehead atoms. The molecule has 1 fully saturated rings. The molecular weight excluding hydrogens is 260 g/mol. The van der Waals surface area contributed by atoms with E-state index in [4.69, 9.17) is 5.11 Å². The highest BCUT2D eigenvalue weighted by Crippen LogP contribution is 2.39. The Balaban J connectivity index is 1.71. The molecule has 7 heteroatoms. The van der Waals surface area contributed by atoms with Crippen LogP contribution >= 0.6 is 0 Å². The van der Waals surface area contributed by atoms with E-state index in [1.54, 1.807) is 35.4 Å². The molecule has 1 aromatic heterocycles. The van der Waals surface area contributed by atoms with Crippen molar-refractivity contribution < 1.29 is 14.7 Å². The van der Waals surface area contributed by atoms with E-state index in [1.807, 2.05) is 6.07 Å². The number of hydrogen-bond donors (Lipinski definition) is 2. The molecule has 2 aromatic rings. The lowest BCUT2D eigenvalue weighted by atomic mass is 10.2. The number of carbonyl (C=O) groups is 2. The zero-order valence-electron chi connectivity index (χ0n) is 10.4. The highest BCUT2D eigenvalue weighted by molar-refractivity contribution is 5.98. The number of rotatable bonds is 4. The Labute approximate surface area is 114 Å². The largest absolute Gasteiger partial charge is 0.481 e. The van der Waals surface area contributed by atoms with Gasteiger partial charge in [0.25, 0.3) is 0 Å². The van der Waals surface area contributed by atoms with Crippen LogP contribution in [0.2, 0.25) is 0 Å². The van der Waals surface area contributed by atoms with Crippen LogP contribution in [0.4, 0.5) is 5.69 Å². The smallest absolute Gasteiger partial charge is 0.307 e. The first-order valence-corrected chi connectivity index (χ1v) is 6.14. The Hall–Kier alpha value is -2.70. The number of carbonyl (C=O) groups excluding carboxylic acids is 1. The van der Waals surface area contributed by atoms with Gasteiger partial charge in [0.05, 0.1) is 17.5 Å². The molecule has 1 saturated carbocycles. The Morgan fingerprint density at radius 1 is 1.25 bits per heavy atom. The van der Waals surface area contributed by atoms with Crippen molar-refractivity contribution in [2.24, 2.45) is 11.8 Å². The van der Waals surface area contributed by atoms with Gasteiger partial charge in [-0.05, 0) is 24.6 Å². The average Bonchev–Trinajstić information content (AvgIpc) is 3.06. The maximum atomic E-state index is 11.9. The van der Waals surface area contributed by atoms with Crippen molar-refractivity contribution in [3.05, 3.63) is 36.9 Å². The monoisotopic (exact) mass is 272 g/mol. The fourth-order valence-corrected chi connectivity index (χ4v) is 2.07. The van der Waals surface area contributed by atoms with Gasteiger partial charge in [0.2, 0.25) is 5.91 Å². The number of nitrogens with zero attached hydrogens (tertiary/aromatic N) is 3. The first-order valence-electron chi connectivity index (χ1n) is 6.14. The zero-order valence-corrected chi connectivity index (χ0v) is 10.4. The maximum absolute atomic E-state index is 11.9. The number of carboxylic acid groups (broad SMARTS) is 1. The molecule has 2 unspecified atom stereocenters. The third kappa shape index (κ3) is 2.37. The molecular formula is C13H12N4O3. The lowest BCUT2D eigenvalue weighted by molar-refractivity contribution is -0.139. The average molecular weight is 272 g/mol. The Bertz CT molecular complexity index is 653. The van der Waals surface area contributed by atoms with Gasteiger partial charge in [-0.1, -0.05) is 6.07 Å². The van der Waals surface area contributed by atoms with E-state index in [9.17, 15) is 9.59 Å². The predicted octanol–water partition coefficient (Wildman–Crippen LogP) is 0.927. The van der Waals surface area contributed by atoms with Gasteiger partial charge < -0.3 is 10.4 Å². The van der Waals surface area contributed by atoms with Crippen LogP contribution in [-0.2, 0) is 9.59 Å². The van der Waals surface area contributed by atoms with Crippen molar-refractivity contribution in [2.75, 3.05) is 5.32 Å². The van der Waals surface area contributed by atoms with Crippen molar-refractivity contribution in [2.45, 2.75) is 6.42 Å². The summed E-state index contributed by atoms with van der Waals surface area (Å²) in [5, 5.41) is 19.0. The fourth-order valence-electron chi connectivity index (χ4n) is 2.07. The van der Waals surface area contributed by atoms with Crippen molar-refractivity contribution >= 4 is 17.6 Å². The number of anilines is 1. The third-order valence-electron chi connectivity index (χ3n) is 3.27. The molecule has 1 amide bonds.